The standard InChI is InChI=1S/C22H27FN4O4S/c1-25(17-18-6-3-2-4-7-18)22(29)24-11-10-21(28)26-12-14-27(15-13-26)32(30,31)20-9-5-8-19(23)16-20/h2-9,16H,10-15,17H2,1H3,(H,24,29). The monoisotopic (exact) mass is 462 g/mol. The van der Waals surface area contributed by atoms with Crippen molar-refractivity contribution in [3.63, 3.8) is 0 Å². The van der Waals surface area contributed by atoms with E-state index in [-0.39, 0.29) is 56.0 Å². The summed E-state index contributed by atoms with van der Waals surface area (Å²) >= 11 is 0. The zero-order chi connectivity index (χ0) is 23.1. The number of rotatable bonds is 7. The molecule has 0 aromatic heterocycles. The smallest absolute Gasteiger partial charge is 0.317 e. The van der Waals surface area contributed by atoms with E-state index in [4.69, 9.17) is 0 Å². The van der Waals surface area contributed by atoms with E-state index in [2.05, 4.69) is 5.32 Å². The summed E-state index contributed by atoms with van der Waals surface area (Å²) in [6, 6.07) is 14.2. The van der Waals surface area contributed by atoms with Crippen molar-refractivity contribution in [2.24, 2.45) is 0 Å². The highest BCUT2D eigenvalue weighted by Gasteiger charge is 2.30. The highest BCUT2D eigenvalue weighted by Crippen LogP contribution is 2.18. The van der Waals surface area contributed by atoms with Gasteiger partial charge < -0.3 is 15.1 Å². The lowest BCUT2D eigenvalue weighted by Gasteiger charge is -2.34. The fourth-order valence-electron chi connectivity index (χ4n) is 3.45. The van der Waals surface area contributed by atoms with Gasteiger partial charge in [0.1, 0.15) is 5.82 Å². The number of halogens is 1. The second-order valence-corrected chi connectivity index (χ2v) is 9.50. The summed E-state index contributed by atoms with van der Waals surface area (Å²) in [5.74, 6) is -0.768. The number of urea groups is 1. The van der Waals surface area contributed by atoms with E-state index in [0.717, 1.165) is 11.6 Å². The van der Waals surface area contributed by atoms with Crippen LogP contribution in [0.1, 0.15) is 12.0 Å². The molecule has 0 bridgehead atoms. The topological polar surface area (TPSA) is 90.0 Å². The quantitative estimate of drug-likeness (QED) is 0.681. The van der Waals surface area contributed by atoms with Gasteiger partial charge in [0.15, 0.2) is 0 Å². The molecule has 1 aliphatic heterocycles. The number of piperazine rings is 1. The lowest BCUT2D eigenvalue weighted by molar-refractivity contribution is -0.132. The summed E-state index contributed by atoms with van der Waals surface area (Å²) in [5, 5.41) is 2.73. The number of hydrogen-bond donors (Lipinski definition) is 1. The van der Waals surface area contributed by atoms with Gasteiger partial charge in [-0.25, -0.2) is 17.6 Å². The lowest BCUT2D eigenvalue weighted by atomic mass is 10.2. The first-order valence-corrected chi connectivity index (χ1v) is 11.8. The molecule has 3 amide bonds. The Kier molecular flexibility index (Phi) is 7.81. The van der Waals surface area contributed by atoms with E-state index in [9.17, 15) is 22.4 Å². The first kappa shape index (κ1) is 23.7. The van der Waals surface area contributed by atoms with Crippen LogP contribution >= 0.6 is 0 Å². The van der Waals surface area contributed by atoms with Crippen molar-refractivity contribution >= 4 is 22.0 Å². The summed E-state index contributed by atoms with van der Waals surface area (Å²) in [4.78, 5) is 27.7. The highest BCUT2D eigenvalue weighted by molar-refractivity contribution is 7.89. The largest absolute Gasteiger partial charge is 0.340 e. The van der Waals surface area contributed by atoms with Crippen molar-refractivity contribution in [3.8, 4) is 0 Å². The van der Waals surface area contributed by atoms with E-state index in [1.54, 1.807) is 11.9 Å². The maximum absolute atomic E-state index is 13.4. The first-order chi connectivity index (χ1) is 15.3. The molecule has 2 aromatic carbocycles. The van der Waals surface area contributed by atoms with Gasteiger partial charge in [0.05, 0.1) is 4.90 Å². The summed E-state index contributed by atoms with van der Waals surface area (Å²) in [7, 11) is -2.12. The van der Waals surface area contributed by atoms with E-state index in [1.807, 2.05) is 30.3 Å². The molecule has 1 saturated heterocycles. The van der Waals surface area contributed by atoms with Gasteiger partial charge in [-0.2, -0.15) is 4.31 Å². The molecule has 10 heteroatoms. The molecule has 32 heavy (non-hydrogen) atoms. The van der Waals surface area contributed by atoms with Crippen LogP contribution in [-0.2, 0) is 21.4 Å². The van der Waals surface area contributed by atoms with Crippen LogP contribution < -0.4 is 5.32 Å². The molecule has 2 aromatic rings. The number of amides is 3. The van der Waals surface area contributed by atoms with Crippen molar-refractivity contribution < 1.29 is 22.4 Å². The van der Waals surface area contributed by atoms with Gasteiger partial charge in [0.25, 0.3) is 0 Å². The molecule has 1 fully saturated rings. The van der Waals surface area contributed by atoms with Crippen molar-refractivity contribution in [1.82, 2.24) is 19.4 Å². The van der Waals surface area contributed by atoms with Gasteiger partial charge in [-0.1, -0.05) is 36.4 Å². The second kappa shape index (κ2) is 10.6. The Morgan fingerprint density at radius 2 is 1.72 bits per heavy atom. The molecule has 3 rings (SSSR count). The van der Waals surface area contributed by atoms with Crippen LogP contribution in [-0.4, -0.2) is 74.2 Å². The molecule has 0 radical (unpaired) electrons. The van der Waals surface area contributed by atoms with Crippen molar-refractivity contribution in [2.45, 2.75) is 17.9 Å². The number of nitrogens with one attached hydrogen (secondary N) is 1. The van der Waals surface area contributed by atoms with Crippen LogP contribution in [0.25, 0.3) is 0 Å². The highest BCUT2D eigenvalue weighted by atomic mass is 32.2. The minimum atomic E-state index is -3.80. The Bertz CT molecular complexity index is 1040. The molecule has 0 atom stereocenters. The predicted molar refractivity (Wildman–Crippen MR) is 118 cm³/mol. The normalized spacial score (nSPS) is 14.8. The van der Waals surface area contributed by atoms with Gasteiger partial charge in [-0.05, 0) is 23.8 Å². The minimum absolute atomic E-state index is 0.0976. The maximum Gasteiger partial charge on any atom is 0.317 e. The molecule has 1 N–H and O–H groups in total. The van der Waals surface area contributed by atoms with Crippen molar-refractivity contribution in [2.75, 3.05) is 39.8 Å². The molecule has 8 nitrogen and oxygen atoms in total. The molecule has 0 aliphatic carbocycles. The van der Waals surface area contributed by atoms with E-state index in [0.29, 0.717) is 6.54 Å². The molecule has 1 heterocycles. The van der Waals surface area contributed by atoms with Gasteiger partial charge >= 0.3 is 6.03 Å². The van der Waals surface area contributed by atoms with Crippen molar-refractivity contribution in [1.29, 1.82) is 0 Å². The zero-order valence-electron chi connectivity index (χ0n) is 17.9. The Labute approximate surface area is 187 Å². The van der Waals surface area contributed by atoms with Crippen molar-refractivity contribution in [3.05, 3.63) is 66.0 Å². The lowest BCUT2D eigenvalue weighted by Crippen LogP contribution is -2.51. The molecule has 1 aliphatic rings. The number of benzene rings is 2. The van der Waals surface area contributed by atoms with Crippen LogP contribution in [0, 0.1) is 5.82 Å². The first-order valence-electron chi connectivity index (χ1n) is 10.3. The van der Waals surface area contributed by atoms with Gasteiger partial charge in [0.2, 0.25) is 15.9 Å². The SMILES string of the molecule is CN(Cc1ccccc1)C(=O)NCCC(=O)N1CCN(S(=O)(=O)c2cccc(F)c2)CC1. The molecule has 0 saturated carbocycles. The summed E-state index contributed by atoms with van der Waals surface area (Å²) in [6.07, 6.45) is 0.127. The summed E-state index contributed by atoms with van der Waals surface area (Å²) in [5.41, 5.74) is 1.01. The predicted octanol–water partition coefficient (Wildman–Crippen LogP) is 1.89. The Morgan fingerprint density at radius 1 is 1.03 bits per heavy atom. The fraction of sp³-hybridized carbons (Fsp3) is 0.364. The fourth-order valence-corrected chi connectivity index (χ4v) is 4.91. The Morgan fingerprint density at radius 3 is 2.38 bits per heavy atom. The van der Waals surface area contributed by atoms with Crippen LogP contribution in [0.4, 0.5) is 9.18 Å². The average Bonchev–Trinajstić information content (AvgIpc) is 2.79. The average molecular weight is 463 g/mol. The maximum atomic E-state index is 13.4. The molecule has 0 unspecified atom stereocenters. The van der Waals surface area contributed by atoms with E-state index >= 15 is 0 Å². The summed E-state index contributed by atoms with van der Waals surface area (Å²) in [6.45, 7) is 1.42. The third kappa shape index (κ3) is 6.04. The number of carbonyl (C=O) groups is 2. The van der Waals surface area contributed by atoms with Gasteiger partial charge in [-0.15, -0.1) is 0 Å². The molecule has 172 valence electrons. The van der Waals surface area contributed by atoms with Gasteiger partial charge in [0, 0.05) is 52.7 Å². The second-order valence-electron chi connectivity index (χ2n) is 7.57. The minimum Gasteiger partial charge on any atom is -0.340 e. The number of sulfonamides is 1. The van der Waals surface area contributed by atoms with E-state index < -0.39 is 15.8 Å². The summed E-state index contributed by atoms with van der Waals surface area (Å²) < 4.78 is 40.0. The molecule has 0 spiro atoms. The molecular formula is C22H27FN4O4S. The van der Waals surface area contributed by atoms with Gasteiger partial charge in [-0.3, -0.25) is 4.79 Å². The van der Waals surface area contributed by atoms with Crippen LogP contribution in [0.15, 0.2) is 59.5 Å². The Hall–Kier alpha value is -2.98. The number of carbonyl (C=O) groups excluding carboxylic acids is 2. The third-order valence-electron chi connectivity index (χ3n) is 5.25. The van der Waals surface area contributed by atoms with Crippen LogP contribution in [0.2, 0.25) is 0 Å². The zero-order valence-corrected chi connectivity index (χ0v) is 18.7. The number of nitrogens with zero attached hydrogens (tertiary/aromatic N) is 3. The van der Waals surface area contributed by atoms with E-state index in [1.165, 1.54) is 27.4 Å². The van der Waals surface area contributed by atoms with Crippen LogP contribution in [0.3, 0.4) is 0 Å². The Balaban J connectivity index is 1.42. The van der Waals surface area contributed by atoms with Crippen LogP contribution in [0.5, 0.6) is 0 Å². The number of hydrogen-bond acceptors (Lipinski definition) is 4. The third-order valence-corrected chi connectivity index (χ3v) is 7.14. The molecular weight excluding hydrogens is 435 g/mol.